The molecule has 0 bridgehead atoms. The molecule has 136 valence electrons. The van der Waals surface area contributed by atoms with Crippen LogP contribution in [0.3, 0.4) is 0 Å². The van der Waals surface area contributed by atoms with Crippen LogP contribution in [0.4, 0.5) is 5.82 Å². The molecule has 0 aliphatic rings. The van der Waals surface area contributed by atoms with E-state index in [2.05, 4.69) is 39.3 Å². The van der Waals surface area contributed by atoms with Crippen molar-refractivity contribution in [1.82, 2.24) is 20.2 Å². The first-order valence-electron chi connectivity index (χ1n) is 9.08. The summed E-state index contributed by atoms with van der Waals surface area (Å²) >= 11 is 0. The van der Waals surface area contributed by atoms with Crippen molar-refractivity contribution in [3.05, 3.63) is 54.1 Å². The highest BCUT2D eigenvalue weighted by Gasteiger charge is 2.16. The van der Waals surface area contributed by atoms with Gasteiger partial charge in [0.1, 0.15) is 5.82 Å². The summed E-state index contributed by atoms with van der Waals surface area (Å²) in [5, 5.41) is 12.8. The lowest BCUT2D eigenvalue weighted by Gasteiger charge is -2.14. The molecule has 6 heteroatoms. The van der Waals surface area contributed by atoms with Gasteiger partial charge in [0, 0.05) is 17.0 Å². The molecule has 2 heterocycles. The molecule has 0 amide bonds. The Bertz CT molecular complexity index is 1090. The smallest absolute Gasteiger partial charge is 0.286 e. The van der Waals surface area contributed by atoms with Gasteiger partial charge in [-0.3, -0.25) is 0 Å². The predicted octanol–water partition coefficient (Wildman–Crippen LogP) is 4.87. The van der Waals surface area contributed by atoms with E-state index in [-0.39, 0.29) is 0 Å². The molecule has 0 aliphatic carbocycles. The summed E-state index contributed by atoms with van der Waals surface area (Å²) in [5.41, 5.74) is 2.85. The van der Waals surface area contributed by atoms with Crippen LogP contribution in [0.1, 0.15) is 25.8 Å². The summed E-state index contributed by atoms with van der Waals surface area (Å²) < 4.78 is 5.87. The molecule has 27 heavy (non-hydrogen) atoms. The van der Waals surface area contributed by atoms with Crippen molar-refractivity contribution < 1.29 is 4.42 Å². The number of aryl methyl sites for hydroxylation is 1. The molecule has 1 N–H and O–H groups in total. The maximum atomic E-state index is 5.87. The monoisotopic (exact) mass is 359 g/mol. The molecule has 0 radical (unpaired) electrons. The lowest BCUT2D eigenvalue weighted by Crippen LogP contribution is -2.15. The maximum absolute atomic E-state index is 5.87. The van der Waals surface area contributed by atoms with E-state index in [1.807, 2.05) is 55.5 Å². The van der Waals surface area contributed by atoms with Crippen LogP contribution < -0.4 is 5.32 Å². The number of nitrogens with zero attached hydrogens (tertiary/aromatic N) is 4. The third-order valence-corrected chi connectivity index (χ3v) is 4.48. The van der Waals surface area contributed by atoms with E-state index in [9.17, 15) is 0 Å². The van der Waals surface area contributed by atoms with E-state index in [1.54, 1.807) is 0 Å². The predicted molar refractivity (Wildman–Crippen MR) is 106 cm³/mol. The summed E-state index contributed by atoms with van der Waals surface area (Å²) in [5.74, 6) is 1.97. The summed E-state index contributed by atoms with van der Waals surface area (Å²) in [6, 6.07) is 16.1. The number of benzene rings is 2. The van der Waals surface area contributed by atoms with Gasteiger partial charge in [0.2, 0.25) is 11.7 Å². The number of rotatable bonds is 5. The number of para-hydroxylation sites is 1. The second kappa shape index (κ2) is 7.15. The number of anilines is 1. The number of nitrogens with one attached hydrogen (secondary N) is 1. The topological polar surface area (TPSA) is 76.7 Å². The Morgan fingerprint density at radius 3 is 2.63 bits per heavy atom. The van der Waals surface area contributed by atoms with Gasteiger partial charge in [-0.05, 0) is 44.5 Å². The number of hydrogen-bond acceptors (Lipinski definition) is 6. The molecule has 6 nitrogen and oxygen atoms in total. The molecule has 2 aromatic carbocycles. The van der Waals surface area contributed by atoms with Crippen molar-refractivity contribution in [3.8, 4) is 23.2 Å². The Balaban J connectivity index is 1.78. The normalized spacial score (nSPS) is 12.3. The Hall–Kier alpha value is -3.28. The lowest BCUT2D eigenvalue weighted by molar-refractivity contribution is 0.579. The van der Waals surface area contributed by atoms with Crippen LogP contribution >= 0.6 is 0 Å². The molecule has 0 saturated carbocycles. The van der Waals surface area contributed by atoms with Gasteiger partial charge in [-0.2, -0.15) is 0 Å². The van der Waals surface area contributed by atoms with Crippen molar-refractivity contribution in [2.45, 2.75) is 33.2 Å². The van der Waals surface area contributed by atoms with Crippen LogP contribution in [0.25, 0.3) is 34.1 Å². The highest BCUT2D eigenvalue weighted by molar-refractivity contribution is 5.90. The second-order valence-corrected chi connectivity index (χ2v) is 6.65. The molecular formula is C21H21N5O. The Morgan fingerprint density at radius 1 is 1.00 bits per heavy atom. The van der Waals surface area contributed by atoms with E-state index in [0.717, 1.165) is 34.3 Å². The fraction of sp³-hybridized carbons (Fsp3) is 0.238. The second-order valence-electron chi connectivity index (χ2n) is 6.65. The fourth-order valence-electron chi connectivity index (χ4n) is 2.83. The van der Waals surface area contributed by atoms with Gasteiger partial charge in [-0.25, -0.2) is 9.97 Å². The Morgan fingerprint density at radius 2 is 1.81 bits per heavy atom. The summed E-state index contributed by atoms with van der Waals surface area (Å²) in [4.78, 5) is 9.28. The van der Waals surface area contributed by atoms with Crippen LogP contribution in [0, 0.1) is 6.92 Å². The van der Waals surface area contributed by atoms with Crippen molar-refractivity contribution in [2.24, 2.45) is 0 Å². The first-order chi connectivity index (χ1) is 13.1. The molecule has 0 aliphatic heterocycles. The molecule has 0 spiro atoms. The van der Waals surface area contributed by atoms with Crippen LogP contribution in [0.2, 0.25) is 0 Å². The molecule has 0 saturated heterocycles. The Kier molecular flexibility index (Phi) is 4.54. The van der Waals surface area contributed by atoms with E-state index in [1.165, 1.54) is 0 Å². The van der Waals surface area contributed by atoms with Crippen LogP contribution in [0.5, 0.6) is 0 Å². The van der Waals surface area contributed by atoms with Gasteiger partial charge < -0.3 is 9.73 Å². The van der Waals surface area contributed by atoms with Gasteiger partial charge in [-0.15, -0.1) is 10.2 Å². The van der Waals surface area contributed by atoms with Crippen molar-refractivity contribution in [3.63, 3.8) is 0 Å². The maximum Gasteiger partial charge on any atom is 0.286 e. The zero-order valence-electron chi connectivity index (χ0n) is 15.6. The molecule has 4 aromatic rings. The highest BCUT2D eigenvalue weighted by atomic mass is 16.4. The largest absolute Gasteiger partial charge is 0.413 e. The minimum atomic E-state index is 0.293. The van der Waals surface area contributed by atoms with Crippen molar-refractivity contribution >= 4 is 16.7 Å². The van der Waals surface area contributed by atoms with Gasteiger partial charge in [-0.1, -0.05) is 36.8 Å². The molecular weight excluding hydrogens is 338 g/mol. The van der Waals surface area contributed by atoms with Crippen LogP contribution in [-0.2, 0) is 0 Å². The van der Waals surface area contributed by atoms with E-state index in [4.69, 9.17) is 4.42 Å². The highest BCUT2D eigenvalue weighted by Crippen LogP contribution is 2.27. The standard InChI is InChI=1S/C21H21N5O/c1-4-14(3)22-18-16-10-5-6-11-17(16)23-19(24-18)21-26-25-20(27-21)15-9-7-8-13(2)12-15/h5-12,14H,4H2,1-3H3,(H,22,23,24)/t14-/m0/s1. The summed E-state index contributed by atoms with van der Waals surface area (Å²) in [7, 11) is 0. The van der Waals surface area contributed by atoms with E-state index in [0.29, 0.717) is 23.6 Å². The van der Waals surface area contributed by atoms with Crippen molar-refractivity contribution in [1.29, 1.82) is 0 Å². The number of aromatic nitrogens is 4. The first kappa shape index (κ1) is 17.1. The van der Waals surface area contributed by atoms with Gasteiger partial charge in [0.05, 0.1) is 5.52 Å². The third-order valence-electron chi connectivity index (χ3n) is 4.48. The number of hydrogen-bond donors (Lipinski definition) is 1. The average Bonchev–Trinajstić information content (AvgIpc) is 3.18. The molecule has 2 aromatic heterocycles. The molecule has 0 unspecified atom stereocenters. The van der Waals surface area contributed by atoms with E-state index < -0.39 is 0 Å². The Labute approximate surface area is 157 Å². The minimum Gasteiger partial charge on any atom is -0.413 e. The minimum absolute atomic E-state index is 0.293. The molecule has 0 fully saturated rings. The fourth-order valence-corrected chi connectivity index (χ4v) is 2.83. The SMILES string of the molecule is CC[C@H](C)Nc1nc(-c2nnc(-c3cccc(C)c3)o2)nc2ccccc12. The zero-order chi connectivity index (χ0) is 18.8. The van der Waals surface area contributed by atoms with Gasteiger partial charge in [0.25, 0.3) is 5.89 Å². The zero-order valence-corrected chi connectivity index (χ0v) is 15.6. The first-order valence-corrected chi connectivity index (χ1v) is 9.08. The van der Waals surface area contributed by atoms with Gasteiger partial charge >= 0.3 is 0 Å². The third kappa shape index (κ3) is 3.51. The molecule has 1 atom stereocenters. The van der Waals surface area contributed by atoms with Crippen molar-refractivity contribution in [2.75, 3.05) is 5.32 Å². The molecule has 4 rings (SSSR count). The summed E-state index contributed by atoms with van der Waals surface area (Å²) in [6.45, 7) is 6.28. The number of fused-ring (bicyclic) bond motifs is 1. The average molecular weight is 359 g/mol. The quantitative estimate of drug-likeness (QED) is 0.548. The van der Waals surface area contributed by atoms with E-state index >= 15 is 0 Å². The summed E-state index contributed by atoms with van der Waals surface area (Å²) in [6.07, 6.45) is 0.992. The van der Waals surface area contributed by atoms with Gasteiger partial charge in [0.15, 0.2) is 0 Å². The van der Waals surface area contributed by atoms with Crippen LogP contribution in [0.15, 0.2) is 52.9 Å². The lowest BCUT2D eigenvalue weighted by atomic mass is 10.1. The van der Waals surface area contributed by atoms with Crippen LogP contribution in [-0.4, -0.2) is 26.2 Å².